The second-order valence-corrected chi connectivity index (χ2v) is 9.23. The van der Waals surface area contributed by atoms with Crippen molar-refractivity contribution in [3.8, 4) is 0 Å². The maximum absolute atomic E-state index is 13.0. The molecular formula is C31H40N2O5. The van der Waals surface area contributed by atoms with Gasteiger partial charge in [0.05, 0.1) is 25.1 Å². The lowest BCUT2D eigenvalue weighted by atomic mass is 9.98. The predicted molar refractivity (Wildman–Crippen MR) is 149 cm³/mol. The zero-order valence-corrected chi connectivity index (χ0v) is 22.0. The van der Waals surface area contributed by atoms with Crippen molar-refractivity contribution in [2.45, 2.75) is 57.1 Å². The Morgan fingerprint density at radius 2 is 1.63 bits per heavy atom. The van der Waals surface area contributed by atoms with E-state index in [4.69, 9.17) is 4.74 Å². The largest absolute Gasteiger partial charge is 0.456 e. The summed E-state index contributed by atoms with van der Waals surface area (Å²) in [4.78, 5) is 38.2. The summed E-state index contributed by atoms with van der Waals surface area (Å²) in [5.74, 6) is -1.62. The summed E-state index contributed by atoms with van der Waals surface area (Å²) in [7, 11) is 0. The van der Waals surface area contributed by atoms with E-state index in [-0.39, 0.29) is 37.4 Å². The first-order chi connectivity index (χ1) is 18.5. The van der Waals surface area contributed by atoms with Crippen molar-refractivity contribution >= 4 is 17.8 Å². The number of aliphatic hydroxyl groups excluding tert-OH is 1. The van der Waals surface area contributed by atoms with Crippen LogP contribution in [-0.2, 0) is 25.5 Å². The topological polar surface area (TPSA) is 105 Å². The molecule has 7 nitrogen and oxygen atoms in total. The Morgan fingerprint density at radius 1 is 0.947 bits per heavy atom. The molecule has 204 valence electrons. The molecule has 0 aliphatic carbocycles. The minimum atomic E-state index is -0.644. The first-order valence-corrected chi connectivity index (χ1v) is 13.1. The van der Waals surface area contributed by atoms with Gasteiger partial charge in [0.2, 0.25) is 11.8 Å². The van der Waals surface area contributed by atoms with Crippen LogP contribution >= 0.6 is 0 Å². The molecular weight excluding hydrogens is 480 g/mol. The van der Waals surface area contributed by atoms with Gasteiger partial charge in [-0.25, -0.2) is 0 Å². The highest BCUT2D eigenvalue weighted by molar-refractivity contribution is 5.86. The van der Waals surface area contributed by atoms with Gasteiger partial charge in [-0.2, -0.15) is 0 Å². The smallest absolute Gasteiger partial charge is 0.306 e. The van der Waals surface area contributed by atoms with E-state index in [2.05, 4.69) is 23.8 Å². The number of rotatable bonds is 18. The maximum Gasteiger partial charge on any atom is 0.306 e. The number of allylic oxidation sites excluding steroid dienone is 2. The Kier molecular flexibility index (Phi) is 14.2. The highest BCUT2D eigenvalue weighted by Crippen LogP contribution is 2.19. The average molecular weight is 521 g/mol. The highest BCUT2D eigenvalue weighted by atomic mass is 16.5. The molecule has 0 aromatic heterocycles. The molecule has 0 radical (unpaired) electrons. The van der Waals surface area contributed by atoms with E-state index in [1.54, 1.807) is 6.08 Å². The van der Waals surface area contributed by atoms with Crippen LogP contribution in [0.25, 0.3) is 0 Å². The van der Waals surface area contributed by atoms with Crippen molar-refractivity contribution in [3.63, 3.8) is 0 Å². The number of esters is 1. The maximum atomic E-state index is 13.0. The van der Waals surface area contributed by atoms with Gasteiger partial charge in [-0.05, 0) is 43.2 Å². The molecule has 0 aliphatic rings. The van der Waals surface area contributed by atoms with Crippen molar-refractivity contribution in [1.82, 2.24) is 10.6 Å². The van der Waals surface area contributed by atoms with Crippen molar-refractivity contribution < 1.29 is 24.2 Å². The molecule has 0 aliphatic heterocycles. The van der Waals surface area contributed by atoms with Gasteiger partial charge in [0.25, 0.3) is 0 Å². The number of unbranched alkanes of at least 4 members (excludes halogenated alkanes) is 2. The molecule has 2 aromatic carbocycles. The fourth-order valence-electron chi connectivity index (χ4n) is 4.06. The molecule has 3 N–H and O–H groups in total. The van der Waals surface area contributed by atoms with Gasteiger partial charge in [-0.3, -0.25) is 14.4 Å². The zero-order chi connectivity index (χ0) is 27.6. The second-order valence-electron chi connectivity index (χ2n) is 9.23. The standard InChI is InChI=1S/C31H40N2O5/c1-3-5-6-13-19-30(36)38-28(25-17-11-8-12-18-25)22-32-31(37)26(14-4-2)21-29(35)33-27(23-34)20-24-15-9-7-10-16-24/h3-4,7-12,15-18,26-28,34H,1-2,5-6,13-14,19-23H2,(H,32,37)(H,33,35)/t26-,27+,28-/m1/s1. The van der Waals surface area contributed by atoms with Crippen LogP contribution < -0.4 is 10.6 Å². The predicted octanol–water partition coefficient (Wildman–Crippen LogP) is 4.44. The Hall–Kier alpha value is -3.71. The number of amides is 2. The number of benzene rings is 2. The Labute approximate surface area is 226 Å². The third-order valence-corrected chi connectivity index (χ3v) is 6.11. The van der Waals surface area contributed by atoms with E-state index in [0.717, 1.165) is 24.0 Å². The monoisotopic (exact) mass is 520 g/mol. The summed E-state index contributed by atoms with van der Waals surface area (Å²) in [6, 6.07) is 18.4. The van der Waals surface area contributed by atoms with Crippen LogP contribution in [0.2, 0.25) is 0 Å². The van der Waals surface area contributed by atoms with Crippen molar-refractivity contribution in [2.75, 3.05) is 13.2 Å². The van der Waals surface area contributed by atoms with E-state index in [9.17, 15) is 19.5 Å². The highest BCUT2D eigenvalue weighted by Gasteiger charge is 2.24. The van der Waals surface area contributed by atoms with Gasteiger partial charge in [0.15, 0.2) is 0 Å². The first kappa shape index (κ1) is 30.5. The Bertz CT molecular complexity index is 1010. The zero-order valence-electron chi connectivity index (χ0n) is 22.0. The van der Waals surface area contributed by atoms with Crippen LogP contribution in [0, 0.1) is 5.92 Å². The molecule has 0 fully saturated rings. The summed E-state index contributed by atoms with van der Waals surface area (Å²) < 4.78 is 5.71. The fraction of sp³-hybridized carbons (Fsp3) is 0.387. The van der Waals surface area contributed by atoms with Gasteiger partial charge in [-0.15, -0.1) is 13.2 Å². The van der Waals surface area contributed by atoms with E-state index in [1.807, 2.05) is 66.7 Å². The molecule has 7 heteroatoms. The molecule has 2 rings (SSSR count). The van der Waals surface area contributed by atoms with E-state index in [0.29, 0.717) is 25.7 Å². The van der Waals surface area contributed by atoms with Gasteiger partial charge in [0.1, 0.15) is 6.10 Å². The number of hydrogen-bond acceptors (Lipinski definition) is 5. The number of carbonyl (C=O) groups excluding carboxylic acids is 3. The summed E-state index contributed by atoms with van der Waals surface area (Å²) >= 11 is 0. The Balaban J connectivity index is 1.95. The van der Waals surface area contributed by atoms with Crippen LogP contribution in [0.4, 0.5) is 0 Å². The number of ether oxygens (including phenoxy) is 1. The van der Waals surface area contributed by atoms with E-state index >= 15 is 0 Å². The summed E-state index contributed by atoms with van der Waals surface area (Å²) in [6.07, 6.45) is 6.21. The lowest BCUT2D eigenvalue weighted by Gasteiger charge is -2.22. The number of carbonyl (C=O) groups is 3. The quantitative estimate of drug-likeness (QED) is 0.153. The molecule has 38 heavy (non-hydrogen) atoms. The number of hydrogen-bond donors (Lipinski definition) is 3. The van der Waals surface area contributed by atoms with E-state index < -0.39 is 18.1 Å². The molecule has 2 aromatic rings. The molecule has 0 unspecified atom stereocenters. The van der Waals surface area contributed by atoms with Crippen LogP contribution in [0.3, 0.4) is 0 Å². The third-order valence-electron chi connectivity index (χ3n) is 6.11. The lowest BCUT2D eigenvalue weighted by Crippen LogP contribution is -2.42. The molecule has 0 heterocycles. The number of aliphatic hydroxyl groups is 1. The molecule has 0 bridgehead atoms. The van der Waals surface area contributed by atoms with Crippen molar-refractivity contribution in [2.24, 2.45) is 5.92 Å². The van der Waals surface area contributed by atoms with Crippen molar-refractivity contribution in [1.29, 1.82) is 0 Å². The van der Waals surface area contributed by atoms with Gasteiger partial charge in [0, 0.05) is 12.8 Å². The van der Waals surface area contributed by atoms with Crippen LogP contribution in [0.15, 0.2) is 86.0 Å². The molecule has 0 saturated heterocycles. The normalized spacial score (nSPS) is 13.0. The van der Waals surface area contributed by atoms with Crippen LogP contribution in [-0.4, -0.2) is 42.1 Å². The second kappa shape index (κ2) is 17.7. The molecule has 3 atom stereocenters. The fourth-order valence-corrected chi connectivity index (χ4v) is 4.06. The lowest BCUT2D eigenvalue weighted by molar-refractivity contribution is -0.150. The van der Waals surface area contributed by atoms with Crippen LogP contribution in [0.1, 0.15) is 55.8 Å². The average Bonchev–Trinajstić information content (AvgIpc) is 2.93. The first-order valence-electron chi connectivity index (χ1n) is 13.1. The van der Waals surface area contributed by atoms with Gasteiger partial charge < -0.3 is 20.5 Å². The number of nitrogens with one attached hydrogen (secondary N) is 2. The van der Waals surface area contributed by atoms with Gasteiger partial charge >= 0.3 is 5.97 Å². The SMILES string of the molecule is C=CCCCCC(=O)O[C@H](CNC(=O)[C@H](CC=C)CC(=O)N[C@H](CO)Cc1ccccc1)c1ccccc1. The minimum Gasteiger partial charge on any atom is -0.456 e. The van der Waals surface area contributed by atoms with Gasteiger partial charge in [-0.1, -0.05) is 72.8 Å². The Morgan fingerprint density at radius 3 is 2.26 bits per heavy atom. The summed E-state index contributed by atoms with van der Waals surface area (Å²) in [5, 5.41) is 15.4. The summed E-state index contributed by atoms with van der Waals surface area (Å²) in [5.41, 5.74) is 1.77. The third kappa shape index (κ3) is 11.6. The van der Waals surface area contributed by atoms with E-state index in [1.165, 1.54) is 0 Å². The molecule has 0 saturated carbocycles. The van der Waals surface area contributed by atoms with Crippen molar-refractivity contribution in [3.05, 3.63) is 97.1 Å². The molecule has 0 spiro atoms. The summed E-state index contributed by atoms with van der Waals surface area (Å²) in [6.45, 7) is 7.28. The molecule has 2 amide bonds. The van der Waals surface area contributed by atoms with Crippen LogP contribution in [0.5, 0.6) is 0 Å². The minimum absolute atomic E-state index is 0.0533.